The van der Waals surface area contributed by atoms with Crippen molar-refractivity contribution in [1.82, 2.24) is 14.1 Å². The summed E-state index contributed by atoms with van der Waals surface area (Å²) >= 11 is 0. The van der Waals surface area contributed by atoms with Crippen molar-refractivity contribution >= 4 is 43.7 Å². The molecule has 3 heterocycles. The maximum absolute atomic E-state index is 4.90. The molecular weight excluding hydrogens is 462 g/mol. The Bertz CT molecular complexity index is 2120. The van der Waals surface area contributed by atoms with Crippen LogP contribution < -0.4 is 0 Å². The van der Waals surface area contributed by atoms with E-state index in [1.54, 1.807) is 0 Å². The predicted molar refractivity (Wildman–Crippen MR) is 158 cm³/mol. The molecule has 38 heavy (non-hydrogen) atoms. The Balaban J connectivity index is 1.46. The average Bonchev–Trinajstić information content (AvgIpc) is 3.51. The molecule has 0 spiro atoms. The monoisotopic (exact) mass is 485 g/mol. The number of pyridine rings is 1. The largest absolute Gasteiger partial charge is 0.309 e. The van der Waals surface area contributed by atoms with Crippen LogP contribution in [-0.4, -0.2) is 14.1 Å². The highest BCUT2D eigenvalue weighted by molar-refractivity contribution is 6.16. The topological polar surface area (TPSA) is 22.8 Å². The van der Waals surface area contributed by atoms with Crippen LogP contribution in [0.3, 0.4) is 0 Å². The van der Waals surface area contributed by atoms with E-state index in [2.05, 4.69) is 143 Å². The van der Waals surface area contributed by atoms with Crippen molar-refractivity contribution in [1.29, 1.82) is 0 Å². The van der Waals surface area contributed by atoms with Crippen LogP contribution in [0, 0.1) is 0 Å². The lowest BCUT2D eigenvalue weighted by atomic mass is 10.00. The van der Waals surface area contributed by atoms with Crippen molar-refractivity contribution in [3.63, 3.8) is 0 Å². The minimum atomic E-state index is 0.971. The van der Waals surface area contributed by atoms with Crippen LogP contribution >= 0.6 is 0 Å². The van der Waals surface area contributed by atoms with Gasteiger partial charge < -0.3 is 4.57 Å². The second-order valence-corrected chi connectivity index (χ2v) is 9.67. The molecule has 0 amide bonds. The third-order valence-electron chi connectivity index (χ3n) is 7.57. The molecule has 0 unspecified atom stereocenters. The molecule has 0 aliphatic carbocycles. The van der Waals surface area contributed by atoms with E-state index < -0.39 is 0 Å². The molecule has 8 rings (SSSR count). The van der Waals surface area contributed by atoms with Crippen LogP contribution in [0.4, 0.5) is 0 Å². The third-order valence-corrected chi connectivity index (χ3v) is 7.57. The highest BCUT2D eigenvalue weighted by Crippen LogP contribution is 2.40. The lowest BCUT2D eigenvalue weighted by Crippen LogP contribution is -1.95. The number of hydrogen-bond donors (Lipinski definition) is 0. The van der Waals surface area contributed by atoms with Gasteiger partial charge in [0.2, 0.25) is 0 Å². The van der Waals surface area contributed by atoms with Gasteiger partial charge in [0.25, 0.3) is 0 Å². The molecule has 3 heteroatoms. The molecular formula is C35H23N3. The van der Waals surface area contributed by atoms with Gasteiger partial charge in [-0.05, 0) is 59.7 Å². The van der Waals surface area contributed by atoms with Gasteiger partial charge in [-0.1, -0.05) is 84.9 Å². The summed E-state index contributed by atoms with van der Waals surface area (Å²) in [6.07, 6.45) is 1.94. The smallest absolute Gasteiger partial charge is 0.146 e. The van der Waals surface area contributed by atoms with E-state index in [0.29, 0.717) is 0 Å². The molecule has 3 nitrogen and oxygen atoms in total. The Morgan fingerprint density at radius 2 is 1.03 bits per heavy atom. The molecule has 0 saturated carbocycles. The number of benzene rings is 5. The van der Waals surface area contributed by atoms with Crippen molar-refractivity contribution in [2.75, 3.05) is 0 Å². The van der Waals surface area contributed by atoms with Crippen LogP contribution in [0.25, 0.3) is 66.2 Å². The quantitative estimate of drug-likeness (QED) is 0.245. The number of nitrogens with zero attached hydrogens (tertiary/aromatic N) is 3. The molecule has 0 radical (unpaired) electrons. The highest BCUT2D eigenvalue weighted by Gasteiger charge is 2.18. The first-order valence-corrected chi connectivity index (χ1v) is 12.9. The van der Waals surface area contributed by atoms with Gasteiger partial charge in [-0.2, -0.15) is 0 Å². The fourth-order valence-corrected chi connectivity index (χ4v) is 5.95. The summed E-state index contributed by atoms with van der Waals surface area (Å²) in [5.74, 6) is 0. The molecule has 0 aliphatic rings. The first kappa shape index (κ1) is 21.0. The highest BCUT2D eigenvalue weighted by atomic mass is 15.0. The van der Waals surface area contributed by atoms with E-state index in [-0.39, 0.29) is 0 Å². The van der Waals surface area contributed by atoms with E-state index in [0.717, 1.165) is 22.5 Å². The standard InChI is InChI=1S/C35H23N3/c1-3-11-25(12-4-1)37-31-17-9-7-15-28(31)29-20-19-24(23-33(29)37)27-21-22-36-35-34(27)30-16-8-10-18-32(30)38(35)26-13-5-2-6-14-26/h1-23H. The molecule has 8 aromatic rings. The molecule has 3 aromatic heterocycles. The number of rotatable bonds is 3. The second kappa shape index (κ2) is 8.19. The Labute approximate surface area is 219 Å². The summed E-state index contributed by atoms with van der Waals surface area (Å²) in [5, 5.41) is 4.90. The van der Waals surface area contributed by atoms with E-state index >= 15 is 0 Å². The molecule has 0 aliphatic heterocycles. The minimum absolute atomic E-state index is 0.971. The first-order chi connectivity index (χ1) is 18.9. The van der Waals surface area contributed by atoms with Gasteiger partial charge in [-0.3, -0.25) is 4.57 Å². The van der Waals surface area contributed by atoms with Crippen molar-refractivity contribution < 1.29 is 0 Å². The normalized spacial score (nSPS) is 11.7. The number of aromatic nitrogens is 3. The van der Waals surface area contributed by atoms with E-state index in [9.17, 15) is 0 Å². The summed E-state index contributed by atoms with van der Waals surface area (Å²) in [6.45, 7) is 0. The Morgan fingerprint density at radius 3 is 1.76 bits per heavy atom. The molecule has 0 N–H and O–H groups in total. The molecule has 0 fully saturated rings. The SMILES string of the molecule is c1ccc(-n2c3ccccc3c3ccc(-c4ccnc5c4c4ccccc4n5-c4ccccc4)cc32)cc1. The zero-order chi connectivity index (χ0) is 25.1. The minimum Gasteiger partial charge on any atom is -0.309 e. The fourth-order valence-electron chi connectivity index (χ4n) is 5.95. The Hall–Kier alpha value is -5.15. The van der Waals surface area contributed by atoms with Crippen LogP contribution in [0.1, 0.15) is 0 Å². The summed E-state index contributed by atoms with van der Waals surface area (Å²) in [4.78, 5) is 4.90. The van der Waals surface area contributed by atoms with Crippen LogP contribution in [0.15, 0.2) is 140 Å². The van der Waals surface area contributed by atoms with Gasteiger partial charge in [0.05, 0.1) is 16.6 Å². The first-order valence-electron chi connectivity index (χ1n) is 12.9. The van der Waals surface area contributed by atoms with Gasteiger partial charge in [0.1, 0.15) is 5.65 Å². The zero-order valence-corrected chi connectivity index (χ0v) is 20.6. The maximum Gasteiger partial charge on any atom is 0.146 e. The van der Waals surface area contributed by atoms with Gasteiger partial charge in [0, 0.05) is 39.1 Å². The summed E-state index contributed by atoms with van der Waals surface area (Å²) in [6, 6.07) is 47.4. The third kappa shape index (κ3) is 2.99. The molecule has 0 bridgehead atoms. The predicted octanol–water partition coefficient (Wildman–Crippen LogP) is 8.94. The van der Waals surface area contributed by atoms with Crippen LogP contribution in [-0.2, 0) is 0 Å². The van der Waals surface area contributed by atoms with Gasteiger partial charge in [-0.25, -0.2) is 4.98 Å². The summed E-state index contributed by atoms with van der Waals surface area (Å²) in [7, 11) is 0. The lowest BCUT2D eigenvalue weighted by molar-refractivity contribution is 1.14. The number of hydrogen-bond acceptors (Lipinski definition) is 1. The Morgan fingerprint density at radius 1 is 0.447 bits per heavy atom. The van der Waals surface area contributed by atoms with Gasteiger partial charge in [0.15, 0.2) is 0 Å². The fraction of sp³-hybridized carbons (Fsp3) is 0. The maximum atomic E-state index is 4.90. The molecule has 178 valence electrons. The summed E-state index contributed by atoms with van der Waals surface area (Å²) < 4.78 is 4.65. The lowest BCUT2D eigenvalue weighted by Gasteiger charge is -2.10. The van der Waals surface area contributed by atoms with Crippen molar-refractivity contribution in [2.45, 2.75) is 0 Å². The Kier molecular flexibility index (Phi) is 4.52. The average molecular weight is 486 g/mol. The van der Waals surface area contributed by atoms with Gasteiger partial charge in [-0.15, -0.1) is 0 Å². The van der Waals surface area contributed by atoms with E-state index in [4.69, 9.17) is 4.98 Å². The van der Waals surface area contributed by atoms with E-state index in [1.165, 1.54) is 43.7 Å². The summed E-state index contributed by atoms with van der Waals surface area (Å²) in [5.41, 5.74) is 9.19. The number of fused-ring (bicyclic) bond motifs is 6. The van der Waals surface area contributed by atoms with Crippen LogP contribution in [0.2, 0.25) is 0 Å². The van der Waals surface area contributed by atoms with Crippen molar-refractivity contribution in [3.8, 4) is 22.5 Å². The molecule has 5 aromatic carbocycles. The van der Waals surface area contributed by atoms with Crippen molar-refractivity contribution in [2.24, 2.45) is 0 Å². The van der Waals surface area contributed by atoms with Crippen LogP contribution in [0.5, 0.6) is 0 Å². The zero-order valence-electron chi connectivity index (χ0n) is 20.6. The number of para-hydroxylation sites is 4. The second-order valence-electron chi connectivity index (χ2n) is 9.67. The van der Waals surface area contributed by atoms with Crippen molar-refractivity contribution in [3.05, 3.63) is 140 Å². The molecule has 0 atom stereocenters. The van der Waals surface area contributed by atoms with Gasteiger partial charge >= 0.3 is 0 Å². The molecule has 0 saturated heterocycles. The van der Waals surface area contributed by atoms with E-state index in [1.807, 2.05) is 6.20 Å².